The van der Waals surface area contributed by atoms with Crippen LogP contribution in [0.25, 0.3) is 17.2 Å². The van der Waals surface area contributed by atoms with Crippen molar-refractivity contribution in [2.45, 2.75) is 13.2 Å². The quantitative estimate of drug-likeness (QED) is 0.398. The first-order valence-corrected chi connectivity index (χ1v) is 11.4. The second-order valence-corrected chi connectivity index (χ2v) is 8.47. The van der Waals surface area contributed by atoms with E-state index in [9.17, 15) is 14.7 Å². The molecule has 1 aliphatic rings. The molecule has 34 heavy (non-hydrogen) atoms. The smallest absolute Gasteiger partial charge is 0.290 e. The first-order valence-electron chi connectivity index (χ1n) is 10.6. The summed E-state index contributed by atoms with van der Waals surface area (Å²) in [5.74, 6) is 0.889. The van der Waals surface area contributed by atoms with Crippen molar-refractivity contribution in [2.24, 2.45) is 0 Å². The molecule has 0 bridgehead atoms. The third-order valence-electron chi connectivity index (χ3n) is 5.07. The van der Waals surface area contributed by atoms with Crippen LogP contribution in [-0.4, -0.2) is 34.6 Å². The highest BCUT2D eigenvalue weighted by atomic mass is 32.2. The predicted molar refractivity (Wildman–Crippen MR) is 130 cm³/mol. The molecule has 0 aliphatic carbocycles. The fourth-order valence-corrected chi connectivity index (χ4v) is 4.15. The Morgan fingerprint density at radius 3 is 2.41 bits per heavy atom. The molecule has 3 aromatic carbocycles. The number of benzene rings is 3. The summed E-state index contributed by atoms with van der Waals surface area (Å²) in [6, 6.07) is 20.6. The van der Waals surface area contributed by atoms with Gasteiger partial charge in [0.15, 0.2) is 0 Å². The van der Waals surface area contributed by atoms with Gasteiger partial charge in [-0.3, -0.25) is 14.9 Å². The molecule has 174 valence electrons. The van der Waals surface area contributed by atoms with Crippen molar-refractivity contribution in [1.29, 1.82) is 0 Å². The van der Waals surface area contributed by atoms with Crippen LogP contribution in [0, 0.1) is 0 Å². The Balaban J connectivity index is 1.43. The van der Waals surface area contributed by atoms with Crippen LogP contribution >= 0.6 is 11.8 Å². The molecule has 0 aromatic heterocycles. The maximum Gasteiger partial charge on any atom is 0.290 e. The number of hydrogen-bond donors (Lipinski definition) is 3. The molecule has 2 amide bonds. The van der Waals surface area contributed by atoms with Gasteiger partial charge in [-0.25, -0.2) is 0 Å². The van der Waals surface area contributed by atoms with Crippen molar-refractivity contribution in [3.05, 3.63) is 88.3 Å². The largest absolute Gasteiger partial charge is 0.491 e. The van der Waals surface area contributed by atoms with E-state index in [1.807, 2.05) is 60.7 Å². The lowest BCUT2D eigenvalue weighted by molar-refractivity contribution is -0.115. The highest BCUT2D eigenvalue weighted by molar-refractivity contribution is 8.18. The predicted octanol–water partition coefficient (Wildman–Crippen LogP) is 4.12. The molecule has 1 heterocycles. The Morgan fingerprint density at radius 1 is 0.912 bits per heavy atom. The van der Waals surface area contributed by atoms with E-state index in [2.05, 4.69) is 5.32 Å². The molecule has 8 heteroatoms. The highest BCUT2D eigenvalue weighted by Gasteiger charge is 2.24. The molecular formula is C26H23NO6S. The van der Waals surface area contributed by atoms with Gasteiger partial charge in [0.05, 0.1) is 18.1 Å². The molecule has 0 saturated carbocycles. The van der Waals surface area contributed by atoms with Gasteiger partial charge in [0.1, 0.15) is 24.7 Å². The topological polar surface area (TPSA) is 105 Å². The maximum atomic E-state index is 11.7. The zero-order chi connectivity index (χ0) is 23.9. The van der Waals surface area contributed by atoms with Gasteiger partial charge in [0.2, 0.25) is 0 Å². The number of carbonyl (C=O) groups is 2. The Morgan fingerprint density at radius 2 is 1.71 bits per heavy atom. The average molecular weight is 478 g/mol. The van der Waals surface area contributed by atoms with Crippen LogP contribution in [0.5, 0.6) is 11.5 Å². The van der Waals surface area contributed by atoms with Crippen molar-refractivity contribution in [3.8, 4) is 22.6 Å². The minimum absolute atomic E-state index is 0.0735. The number of nitrogens with one attached hydrogen (secondary N) is 1. The van der Waals surface area contributed by atoms with Gasteiger partial charge >= 0.3 is 0 Å². The summed E-state index contributed by atoms with van der Waals surface area (Å²) in [5, 5.41) is 20.6. The van der Waals surface area contributed by atoms with Crippen LogP contribution in [0.1, 0.15) is 16.7 Å². The number of imide groups is 1. The van der Waals surface area contributed by atoms with Gasteiger partial charge in [0, 0.05) is 0 Å². The van der Waals surface area contributed by atoms with Gasteiger partial charge in [-0.15, -0.1) is 0 Å². The summed E-state index contributed by atoms with van der Waals surface area (Å²) < 4.78 is 11.3. The second kappa shape index (κ2) is 11.0. The summed E-state index contributed by atoms with van der Waals surface area (Å²) in [7, 11) is 0. The molecule has 0 radical (unpaired) electrons. The van der Waals surface area contributed by atoms with Gasteiger partial charge in [-0.05, 0) is 76.0 Å². The lowest BCUT2D eigenvalue weighted by atomic mass is 9.98. The summed E-state index contributed by atoms with van der Waals surface area (Å²) in [5.41, 5.74) is 4.33. The van der Waals surface area contributed by atoms with E-state index in [0.717, 1.165) is 39.6 Å². The van der Waals surface area contributed by atoms with Crippen molar-refractivity contribution < 1.29 is 29.3 Å². The van der Waals surface area contributed by atoms with Crippen molar-refractivity contribution >= 4 is 29.0 Å². The zero-order valence-corrected chi connectivity index (χ0v) is 19.0. The lowest BCUT2D eigenvalue weighted by Gasteiger charge is -2.13. The lowest BCUT2D eigenvalue weighted by Crippen LogP contribution is -2.17. The number of aliphatic hydroxyl groups excluding tert-OH is 2. The van der Waals surface area contributed by atoms with E-state index in [0.29, 0.717) is 23.0 Å². The van der Waals surface area contributed by atoms with E-state index in [4.69, 9.17) is 14.6 Å². The summed E-state index contributed by atoms with van der Waals surface area (Å²) in [4.78, 5) is 23.3. The summed E-state index contributed by atoms with van der Waals surface area (Å²) in [6.07, 6.45) is 1.66. The Labute approximate surface area is 201 Å². The van der Waals surface area contributed by atoms with E-state index >= 15 is 0 Å². The number of hydrogen-bond acceptors (Lipinski definition) is 7. The first kappa shape index (κ1) is 23.6. The molecule has 1 saturated heterocycles. The number of rotatable bonds is 9. The molecule has 1 aliphatic heterocycles. The second-order valence-electron chi connectivity index (χ2n) is 7.46. The number of amides is 2. The normalized spacial score (nSPS) is 14.4. The maximum absolute atomic E-state index is 11.7. The first-order chi connectivity index (χ1) is 16.6. The third-order valence-corrected chi connectivity index (χ3v) is 5.88. The van der Waals surface area contributed by atoms with Gasteiger partial charge in [-0.1, -0.05) is 36.4 Å². The number of ether oxygens (including phenoxy) is 2. The molecule has 4 rings (SSSR count). The zero-order valence-electron chi connectivity index (χ0n) is 18.2. The molecule has 3 aromatic rings. The average Bonchev–Trinajstić information content (AvgIpc) is 3.18. The van der Waals surface area contributed by atoms with E-state index < -0.39 is 0 Å². The molecule has 0 unspecified atom stereocenters. The third kappa shape index (κ3) is 5.85. The molecule has 1 fully saturated rings. The van der Waals surface area contributed by atoms with Gasteiger partial charge < -0.3 is 19.7 Å². The van der Waals surface area contributed by atoms with E-state index in [1.54, 1.807) is 12.1 Å². The van der Waals surface area contributed by atoms with Gasteiger partial charge in [0.25, 0.3) is 11.1 Å². The van der Waals surface area contributed by atoms with Crippen molar-refractivity contribution in [3.63, 3.8) is 0 Å². The van der Waals surface area contributed by atoms with Crippen LogP contribution in [0.3, 0.4) is 0 Å². The minimum Gasteiger partial charge on any atom is -0.491 e. The van der Waals surface area contributed by atoms with Crippen molar-refractivity contribution in [2.75, 3.05) is 13.2 Å². The van der Waals surface area contributed by atoms with Gasteiger partial charge in [-0.2, -0.15) is 0 Å². The van der Waals surface area contributed by atoms with E-state index in [1.165, 1.54) is 0 Å². The Kier molecular flexibility index (Phi) is 7.64. The fraction of sp³-hybridized carbons (Fsp3) is 0.154. The van der Waals surface area contributed by atoms with E-state index in [-0.39, 0.29) is 31.0 Å². The standard InChI is InChI=1S/C26H23NO6S/c28-10-11-32-22-8-9-23(20(14-22)15-29)19-3-1-2-18(12-19)16-33-21-6-4-17(5-7-21)13-24-25(30)27-26(31)34-24/h1-9,12-14,28-29H,10-11,15-16H2,(H,27,30,31)/b24-13-. The minimum atomic E-state index is -0.383. The van der Waals surface area contributed by atoms with Crippen LogP contribution in [0.2, 0.25) is 0 Å². The Bertz CT molecular complexity index is 1220. The van der Waals surface area contributed by atoms with Crippen molar-refractivity contribution in [1.82, 2.24) is 5.32 Å². The number of carbonyl (C=O) groups excluding carboxylic acids is 2. The van der Waals surface area contributed by atoms with Crippen LogP contribution < -0.4 is 14.8 Å². The highest BCUT2D eigenvalue weighted by Crippen LogP contribution is 2.29. The Hall–Kier alpha value is -3.59. The summed E-state index contributed by atoms with van der Waals surface area (Å²) in [6.45, 7) is 0.343. The monoisotopic (exact) mass is 477 g/mol. The molecular weight excluding hydrogens is 454 g/mol. The number of aliphatic hydroxyl groups is 2. The molecule has 0 spiro atoms. The SMILES string of the molecule is O=C1NC(=O)/C(=C/c2ccc(OCc3cccc(-c4ccc(OCCO)cc4CO)c3)cc2)S1. The van der Waals surface area contributed by atoms with Crippen LogP contribution in [0.4, 0.5) is 4.79 Å². The van der Waals surface area contributed by atoms with Crippen LogP contribution in [0.15, 0.2) is 71.6 Å². The summed E-state index contributed by atoms with van der Waals surface area (Å²) >= 11 is 0.884. The van der Waals surface area contributed by atoms with Crippen LogP contribution in [-0.2, 0) is 18.0 Å². The molecule has 7 nitrogen and oxygen atoms in total. The molecule has 0 atom stereocenters. The number of thioether (sulfide) groups is 1. The fourth-order valence-electron chi connectivity index (χ4n) is 3.46. The molecule has 3 N–H and O–H groups in total.